The van der Waals surface area contributed by atoms with Crippen LogP contribution in [0, 0.1) is 0 Å². The molecule has 0 spiro atoms. The van der Waals surface area contributed by atoms with Crippen LogP contribution < -0.4 is 16.0 Å². The van der Waals surface area contributed by atoms with Gasteiger partial charge in [0.05, 0.1) is 5.56 Å². The number of nitrogens with one attached hydrogen (secondary N) is 3. The summed E-state index contributed by atoms with van der Waals surface area (Å²) in [5.41, 5.74) is 1.22. The van der Waals surface area contributed by atoms with Crippen LogP contribution in [0.2, 0.25) is 0 Å². The number of hydrogen-bond donors (Lipinski definition) is 3. The molecule has 1 aromatic heterocycles. The van der Waals surface area contributed by atoms with Crippen molar-refractivity contribution in [2.75, 3.05) is 10.6 Å². The van der Waals surface area contributed by atoms with E-state index in [1.807, 2.05) is 0 Å². The molecule has 1 heterocycles. The van der Waals surface area contributed by atoms with E-state index in [2.05, 4.69) is 20.9 Å². The van der Waals surface area contributed by atoms with Crippen molar-refractivity contribution >= 4 is 46.9 Å². The largest absolute Gasteiger partial charge is 0.416 e. The second kappa shape index (κ2) is 15.1. The number of benzene rings is 4. The number of anilines is 2. The van der Waals surface area contributed by atoms with Gasteiger partial charge >= 0.3 is 6.18 Å². The summed E-state index contributed by atoms with van der Waals surface area (Å²) in [4.78, 5) is 44.3. The lowest BCUT2D eigenvalue weighted by Gasteiger charge is -2.18. The van der Waals surface area contributed by atoms with E-state index in [0.29, 0.717) is 27.3 Å². The molecule has 0 saturated carbocycles. The Morgan fingerprint density at radius 3 is 2.11 bits per heavy atom. The smallest absolute Gasteiger partial charge is 0.325 e. The molecule has 3 amide bonds. The van der Waals surface area contributed by atoms with Crippen LogP contribution in [0.4, 0.5) is 24.5 Å². The second-order valence-electron chi connectivity index (χ2n) is 10.1. The monoisotopic (exact) mass is 652 g/mol. The van der Waals surface area contributed by atoms with Gasteiger partial charge in [-0.15, -0.1) is 11.8 Å². The number of nitrogens with zero attached hydrogens (tertiary/aromatic N) is 1. The molecular weight excluding hydrogens is 625 g/mol. The van der Waals surface area contributed by atoms with E-state index in [-0.39, 0.29) is 11.4 Å². The van der Waals surface area contributed by atoms with Gasteiger partial charge in [0.15, 0.2) is 0 Å². The molecule has 0 aliphatic rings. The molecule has 1 atom stereocenters. The molecule has 0 bridgehead atoms. The van der Waals surface area contributed by atoms with E-state index >= 15 is 0 Å². The molecule has 0 aliphatic heterocycles. The van der Waals surface area contributed by atoms with Crippen LogP contribution in [0.5, 0.6) is 0 Å². The summed E-state index contributed by atoms with van der Waals surface area (Å²) in [5, 5.41) is 7.26. The van der Waals surface area contributed by atoms with E-state index < -0.39 is 34.7 Å². The Hall–Kier alpha value is -5.68. The topological polar surface area (TPSA) is 100 Å². The van der Waals surface area contributed by atoms with E-state index in [1.54, 1.807) is 109 Å². The zero-order valence-corrected chi connectivity index (χ0v) is 25.4. The molecule has 11 heteroatoms. The highest BCUT2D eigenvalue weighted by atomic mass is 32.2. The highest BCUT2D eigenvalue weighted by molar-refractivity contribution is 8.00. The molecule has 7 nitrogen and oxygen atoms in total. The number of pyridine rings is 1. The van der Waals surface area contributed by atoms with Gasteiger partial charge in [-0.1, -0.05) is 60.7 Å². The summed E-state index contributed by atoms with van der Waals surface area (Å²) >= 11 is 1.20. The fraction of sp³-hybridized carbons (Fsp3) is 0.0556. The number of thioether (sulfide) groups is 1. The predicted octanol–water partition coefficient (Wildman–Crippen LogP) is 7.98. The maximum atomic E-state index is 13.4. The fourth-order valence-corrected chi connectivity index (χ4v) is 5.43. The fourth-order valence-electron chi connectivity index (χ4n) is 4.40. The van der Waals surface area contributed by atoms with Crippen molar-refractivity contribution in [3.8, 4) is 0 Å². The molecule has 47 heavy (non-hydrogen) atoms. The third-order valence-corrected chi connectivity index (χ3v) is 7.95. The Morgan fingerprint density at radius 1 is 0.745 bits per heavy atom. The van der Waals surface area contributed by atoms with Gasteiger partial charge in [0.2, 0.25) is 5.91 Å². The lowest BCUT2D eigenvalue weighted by atomic mass is 10.1. The molecule has 5 aromatic rings. The summed E-state index contributed by atoms with van der Waals surface area (Å²) in [7, 11) is 0. The first-order valence-corrected chi connectivity index (χ1v) is 15.1. The van der Waals surface area contributed by atoms with Crippen LogP contribution in [0.3, 0.4) is 0 Å². The van der Waals surface area contributed by atoms with Gasteiger partial charge in [-0.25, -0.2) is 0 Å². The summed E-state index contributed by atoms with van der Waals surface area (Å²) in [5.74, 6) is -1.53. The lowest BCUT2D eigenvalue weighted by molar-refractivity contribution is -0.137. The van der Waals surface area contributed by atoms with Crippen molar-refractivity contribution in [3.63, 3.8) is 0 Å². The minimum absolute atomic E-state index is 0.000657. The van der Waals surface area contributed by atoms with E-state index in [1.165, 1.54) is 30.0 Å². The van der Waals surface area contributed by atoms with Crippen molar-refractivity contribution in [2.45, 2.75) is 16.3 Å². The normalized spacial score (nSPS) is 12.1. The highest BCUT2D eigenvalue weighted by Gasteiger charge is 2.31. The summed E-state index contributed by atoms with van der Waals surface area (Å²) in [6.45, 7) is 0. The number of rotatable bonds is 10. The lowest BCUT2D eigenvalue weighted by Crippen LogP contribution is -2.30. The zero-order valence-electron chi connectivity index (χ0n) is 24.6. The van der Waals surface area contributed by atoms with E-state index in [9.17, 15) is 27.6 Å². The molecule has 0 saturated heterocycles. The number of carbonyl (C=O) groups is 3. The SMILES string of the molecule is O=C(Nc1ccc(SC(C(=O)Nc2cccc(C(F)(F)F)c2)c2ccccc2)cc1)/C(=C/c1cccnc1)NC(=O)c1ccccc1. The quantitative estimate of drug-likeness (QED) is 0.105. The third-order valence-electron chi connectivity index (χ3n) is 6.69. The summed E-state index contributed by atoms with van der Waals surface area (Å²) < 4.78 is 39.7. The van der Waals surface area contributed by atoms with Gasteiger partial charge in [-0.05, 0) is 77.9 Å². The molecule has 5 rings (SSSR count). The predicted molar refractivity (Wildman–Crippen MR) is 176 cm³/mol. The average molecular weight is 653 g/mol. The second-order valence-corrected chi connectivity index (χ2v) is 11.3. The van der Waals surface area contributed by atoms with E-state index in [0.717, 1.165) is 12.1 Å². The molecule has 0 radical (unpaired) electrons. The minimum atomic E-state index is -4.55. The molecule has 236 valence electrons. The number of aromatic nitrogens is 1. The average Bonchev–Trinajstić information content (AvgIpc) is 3.08. The van der Waals surface area contributed by atoms with Crippen LogP contribution in [-0.2, 0) is 15.8 Å². The Kier molecular flexibility index (Phi) is 10.5. The van der Waals surface area contributed by atoms with Crippen LogP contribution >= 0.6 is 11.8 Å². The highest BCUT2D eigenvalue weighted by Crippen LogP contribution is 2.37. The van der Waals surface area contributed by atoms with Crippen LogP contribution in [-0.4, -0.2) is 22.7 Å². The molecule has 3 N–H and O–H groups in total. The third kappa shape index (κ3) is 9.18. The van der Waals surface area contributed by atoms with Gasteiger partial charge in [0.1, 0.15) is 10.9 Å². The molecule has 4 aromatic carbocycles. The maximum Gasteiger partial charge on any atom is 0.416 e. The van der Waals surface area contributed by atoms with Crippen molar-refractivity contribution < 1.29 is 27.6 Å². The summed E-state index contributed by atoms with van der Waals surface area (Å²) in [6.07, 6.45) is 0.117. The van der Waals surface area contributed by atoms with Gasteiger partial charge in [0, 0.05) is 34.2 Å². The van der Waals surface area contributed by atoms with Gasteiger partial charge < -0.3 is 16.0 Å². The molecular formula is C36H27F3N4O3S. The van der Waals surface area contributed by atoms with Gasteiger partial charge in [0.25, 0.3) is 11.8 Å². The standard InChI is InChI=1S/C36H27F3N4O3S/c37-36(38,39)27-14-7-15-29(22-27)42-35(46)32(25-10-3-1-4-11-25)47-30-18-16-28(17-19-30)41-34(45)31(21-24-9-8-20-40-23-24)43-33(44)26-12-5-2-6-13-26/h1-23,32H,(H,41,45)(H,42,46)(H,43,44)/b31-21-. The number of halogens is 3. The number of alkyl halides is 3. The van der Waals surface area contributed by atoms with Crippen LogP contribution in [0.1, 0.15) is 32.3 Å². The minimum Gasteiger partial charge on any atom is -0.325 e. The molecule has 1 unspecified atom stereocenters. The Morgan fingerprint density at radius 2 is 1.45 bits per heavy atom. The zero-order chi connectivity index (χ0) is 33.2. The Labute approximate surface area is 272 Å². The first kappa shape index (κ1) is 32.7. The van der Waals surface area contributed by atoms with Crippen molar-refractivity contribution in [1.29, 1.82) is 0 Å². The number of amides is 3. The van der Waals surface area contributed by atoms with E-state index in [4.69, 9.17) is 0 Å². The Bertz CT molecular complexity index is 1870. The van der Waals surface area contributed by atoms with Crippen molar-refractivity contribution in [2.24, 2.45) is 0 Å². The van der Waals surface area contributed by atoms with Crippen LogP contribution in [0.25, 0.3) is 6.08 Å². The van der Waals surface area contributed by atoms with Crippen LogP contribution in [0.15, 0.2) is 144 Å². The first-order valence-electron chi connectivity index (χ1n) is 14.2. The maximum absolute atomic E-state index is 13.4. The molecule has 0 aliphatic carbocycles. The number of hydrogen-bond acceptors (Lipinski definition) is 5. The first-order chi connectivity index (χ1) is 22.7. The molecule has 0 fully saturated rings. The van der Waals surface area contributed by atoms with Gasteiger partial charge in [-0.2, -0.15) is 13.2 Å². The number of carbonyl (C=O) groups excluding carboxylic acids is 3. The van der Waals surface area contributed by atoms with Crippen molar-refractivity contribution in [3.05, 3.63) is 162 Å². The van der Waals surface area contributed by atoms with Crippen molar-refractivity contribution in [1.82, 2.24) is 10.3 Å². The Balaban J connectivity index is 1.32. The summed E-state index contributed by atoms with van der Waals surface area (Å²) in [6, 6.07) is 32.0. The van der Waals surface area contributed by atoms with Gasteiger partial charge in [-0.3, -0.25) is 19.4 Å².